The molecule has 3 N–H and O–H groups in total. The summed E-state index contributed by atoms with van der Waals surface area (Å²) in [6, 6.07) is 6.96. The Morgan fingerprint density at radius 2 is 2.08 bits per heavy atom. The van der Waals surface area contributed by atoms with Gasteiger partial charge in [0, 0.05) is 13.2 Å². The van der Waals surface area contributed by atoms with Crippen LogP contribution in [0, 0.1) is 5.92 Å². The van der Waals surface area contributed by atoms with E-state index in [4.69, 9.17) is 15.2 Å². The van der Waals surface area contributed by atoms with Crippen molar-refractivity contribution in [3.05, 3.63) is 36.2 Å². The predicted molar refractivity (Wildman–Crippen MR) is 98.5 cm³/mol. The number of carbonyl (C=O) groups excluding carboxylic acids is 1. The Morgan fingerprint density at radius 1 is 1.38 bits per heavy atom. The van der Waals surface area contributed by atoms with Gasteiger partial charge in [-0.2, -0.15) is 0 Å². The van der Waals surface area contributed by atoms with Gasteiger partial charge in [0.05, 0.1) is 31.6 Å². The molecule has 0 spiro atoms. The molecule has 0 bridgehead atoms. The fourth-order valence-corrected chi connectivity index (χ4v) is 2.83. The summed E-state index contributed by atoms with van der Waals surface area (Å²) in [5.41, 5.74) is 7.59. The highest BCUT2D eigenvalue weighted by Crippen LogP contribution is 2.18. The van der Waals surface area contributed by atoms with E-state index in [-0.39, 0.29) is 24.2 Å². The van der Waals surface area contributed by atoms with Crippen molar-refractivity contribution in [1.29, 1.82) is 0 Å². The minimum Gasteiger partial charge on any atom is -0.497 e. The maximum Gasteiger partial charge on any atom is 0.237 e. The Labute approximate surface area is 158 Å². The third-order valence-corrected chi connectivity index (χ3v) is 4.40. The number of nitrogens with zero attached hydrogens (tertiary/aromatic N) is 3. The highest BCUT2D eigenvalue weighted by Gasteiger charge is 2.26. The van der Waals surface area contributed by atoms with Crippen molar-refractivity contribution in [3.8, 4) is 11.4 Å². The maximum absolute atomic E-state index is 12.2. The third-order valence-electron chi connectivity index (χ3n) is 4.40. The minimum absolute atomic E-state index is 0. The lowest BCUT2D eigenvalue weighted by Gasteiger charge is -2.26. The first-order valence-corrected chi connectivity index (χ1v) is 8.34. The molecule has 3 rings (SSSR count). The number of benzene rings is 1. The van der Waals surface area contributed by atoms with Crippen LogP contribution in [-0.2, 0) is 16.1 Å². The normalized spacial score (nSPS) is 15.8. The summed E-state index contributed by atoms with van der Waals surface area (Å²) in [4.78, 5) is 12.2. The number of carbonyl (C=O) groups is 1. The average Bonchev–Trinajstić information content (AvgIpc) is 3.15. The van der Waals surface area contributed by atoms with Gasteiger partial charge in [0.1, 0.15) is 11.4 Å². The van der Waals surface area contributed by atoms with Crippen molar-refractivity contribution in [1.82, 2.24) is 20.3 Å². The van der Waals surface area contributed by atoms with Gasteiger partial charge in [0.15, 0.2) is 0 Å². The van der Waals surface area contributed by atoms with Gasteiger partial charge in [0.25, 0.3) is 0 Å². The van der Waals surface area contributed by atoms with Crippen molar-refractivity contribution in [2.75, 3.05) is 20.3 Å². The van der Waals surface area contributed by atoms with Crippen molar-refractivity contribution >= 4 is 18.3 Å². The standard InChI is InChI=1S/C17H23N5O3.ClH/c1-24-15-4-2-14(3-5-15)22-11-13(20-21-22)10-19-17(23)16(18)12-6-8-25-9-7-12;/h2-5,11-12,16H,6-10,18H2,1H3,(H,19,23);1H. The first-order chi connectivity index (χ1) is 12.2. The largest absolute Gasteiger partial charge is 0.497 e. The molecule has 1 atom stereocenters. The zero-order valence-corrected chi connectivity index (χ0v) is 15.4. The lowest BCUT2D eigenvalue weighted by atomic mass is 9.92. The summed E-state index contributed by atoms with van der Waals surface area (Å²) >= 11 is 0. The molecule has 142 valence electrons. The van der Waals surface area contributed by atoms with E-state index in [9.17, 15) is 4.79 Å². The van der Waals surface area contributed by atoms with E-state index in [1.165, 1.54) is 0 Å². The van der Waals surface area contributed by atoms with Crippen molar-refractivity contribution < 1.29 is 14.3 Å². The van der Waals surface area contributed by atoms with Crippen LogP contribution >= 0.6 is 12.4 Å². The predicted octanol–water partition coefficient (Wildman–Crippen LogP) is 1.07. The van der Waals surface area contributed by atoms with Crippen LogP contribution in [0.3, 0.4) is 0 Å². The monoisotopic (exact) mass is 381 g/mol. The summed E-state index contributed by atoms with van der Waals surface area (Å²) in [6.45, 7) is 1.63. The van der Waals surface area contributed by atoms with E-state index in [1.54, 1.807) is 18.0 Å². The molecule has 1 aliphatic rings. The van der Waals surface area contributed by atoms with Gasteiger partial charge in [0.2, 0.25) is 5.91 Å². The van der Waals surface area contributed by atoms with E-state index < -0.39 is 6.04 Å². The molecule has 1 aliphatic heterocycles. The zero-order valence-electron chi connectivity index (χ0n) is 14.6. The van der Waals surface area contributed by atoms with Crippen LogP contribution in [-0.4, -0.2) is 47.3 Å². The first kappa shape index (κ1) is 20.2. The Kier molecular flexibility index (Phi) is 7.38. The molecule has 0 saturated carbocycles. The number of nitrogens with one attached hydrogen (secondary N) is 1. The van der Waals surface area contributed by atoms with Gasteiger partial charge < -0.3 is 20.5 Å². The van der Waals surface area contributed by atoms with Crippen LogP contribution in [0.5, 0.6) is 5.75 Å². The molecule has 26 heavy (non-hydrogen) atoms. The van der Waals surface area contributed by atoms with E-state index >= 15 is 0 Å². The Bertz CT molecular complexity index is 701. The fraction of sp³-hybridized carbons (Fsp3) is 0.471. The molecule has 1 amide bonds. The average molecular weight is 382 g/mol. The Hall–Kier alpha value is -2.16. The van der Waals surface area contributed by atoms with Crippen LogP contribution in [0.1, 0.15) is 18.5 Å². The van der Waals surface area contributed by atoms with Gasteiger partial charge in [-0.05, 0) is 43.0 Å². The number of rotatable bonds is 6. The van der Waals surface area contributed by atoms with Gasteiger partial charge in [-0.15, -0.1) is 17.5 Å². The van der Waals surface area contributed by atoms with Crippen LogP contribution in [0.4, 0.5) is 0 Å². The topological polar surface area (TPSA) is 104 Å². The molecule has 1 unspecified atom stereocenters. The number of methoxy groups -OCH3 is 1. The molecule has 1 fully saturated rings. The number of amides is 1. The smallest absolute Gasteiger partial charge is 0.237 e. The van der Waals surface area contributed by atoms with Gasteiger partial charge >= 0.3 is 0 Å². The summed E-state index contributed by atoms with van der Waals surface area (Å²) < 4.78 is 12.1. The number of aromatic nitrogens is 3. The molecule has 1 aromatic carbocycles. The number of ether oxygens (including phenoxy) is 2. The maximum atomic E-state index is 12.2. The zero-order chi connectivity index (χ0) is 17.6. The number of nitrogens with two attached hydrogens (primary N) is 1. The van der Waals surface area contributed by atoms with Crippen LogP contribution < -0.4 is 15.8 Å². The summed E-state index contributed by atoms with van der Waals surface area (Å²) in [6.07, 6.45) is 3.42. The highest BCUT2D eigenvalue weighted by molar-refractivity contribution is 5.85. The van der Waals surface area contributed by atoms with Crippen LogP contribution in [0.25, 0.3) is 5.69 Å². The minimum atomic E-state index is -0.513. The molecule has 0 aliphatic carbocycles. The lowest BCUT2D eigenvalue weighted by Crippen LogP contribution is -2.46. The lowest BCUT2D eigenvalue weighted by molar-refractivity contribution is -0.124. The second-order valence-electron chi connectivity index (χ2n) is 6.05. The van der Waals surface area contributed by atoms with Crippen molar-refractivity contribution in [3.63, 3.8) is 0 Å². The second kappa shape index (κ2) is 9.51. The Morgan fingerprint density at radius 3 is 2.73 bits per heavy atom. The SMILES string of the molecule is COc1ccc(-n2cc(CNC(=O)C(N)C3CCOCC3)nn2)cc1.Cl. The van der Waals surface area contributed by atoms with Crippen molar-refractivity contribution in [2.45, 2.75) is 25.4 Å². The van der Waals surface area contributed by atoms with Crippen molar-refractivity contribution in [2.24, 2.45) is 11.7 Å². The first-order valence-electron chi connectivity index (χ1n) is 8.34. The molecular formula is C17H24ClN5O3. The number of hydrogen-bond acceptors (Lipinski definition) is 6. The van der Waals surface area contributed by atoms with E-state index in [2.05, 4.69) is 15.6 Å². The number of halogens is 1. The number of hydrogen-bond donors (Lipinski definition) is 2. The van der Waals surface area contributed by atoms with Crippen LogP contribution in [0.2, 0.25) is 0 Å². The Balaban J connectivity index is 0.00000243. The molecule has 1 aromatic heterocycles. The van der Waals surface area contributed by atoms with Gasteiger partial charge in [-0.25, -0.2) is 4.68 Å². The van der Waals surface area contributed by atoms with E-state index in [0.717, 1.165) is 24.3 Å². The summed E-state index contributed by atoms with van der Waals surface area (Å²) in [5.74, 6) is 0.785. The van der Waals surface area contributed by atoms with Gasteiger partial charge in [-0.3, -0.25) is 4.79 Å². The molecule has 8 nitrogen and oxygen atoms in total. The third kappa shape index (κ3) is 4.94. The summed E-state index contributed by atoms with van der Waals surface area (Å²) in [5, 5.41) is 11.0. The van der Waals surface area contributed by atoms with Gasteiger partial charge in [-0.1, -0.05) is 5.21 Å². The van der Waals surface area contributed by atoms with E-state index in [0.29, 0.717) is 25.5 Å². The molecule has 2 aromatic rings. The summed E-state index contributed by atoms with van der Waals surface area (Å²) in [7, 11) is 1.62. The van der Waals surface area contributed by atoms with E-state index in [1.807, 2.05) is 24.3 Å². The molecule has 9 heteroatoms. The highest BCUT2D eigenvalue weighted by atomic mass is 35.5. The fourth-order valence-electron chi connectivity index (χ4n) is 2.83. The molecule has 1 saturated heterocycles. The molecule has 2 heterocycles. The van der Waals surface area contributed by atoms with Crippen LogP contribution in [0.15, 0.2) is 30.5 Å². The molecular weight excluding hydrogens is 358 g/mol. The second-order valence-corrected chi connectivity index (χ2v) is 6.05. The molecule has 0 radical (unpaired) electrons. The quantitative estimate of drug-likeness (QED) is 0.775.